The first-order chi connectivity index (χ1) is 11.1. The average molecular weight is 338 g/mol. The van der Waals surface area contributed by atoms with Crippen LogP contribution in [0.5, 0.6) is 0 Å². The third-order valence-corrected chi connectivity index (χ3v) is 3.53. The van der Waals surface area contributed by atoms with Gasteiger partial charge >= 0.3 is 5.97 Å². The van der Waals surface area contributed by atoms with Crippen molar-refractivity contribution in [3.63, 3.8) is 0 Å². The van der Waals surface area contributed by atoms with Crippen LogP contribution in [-0.4, -0.2) is 45.3 Å². The van der Waals surface area contributed by atoms with Crippen molar-refractivity contribution in [2.45, 2.75) is 53.1 Å². The van der Waals surface area contributed by atoms with Gasteiger partial charge in [0.1, 0.15) is 6.04 Å². The largest absolute Gasteiger partial charge is 0.480 e. The van der Waals surface area contributed by atoms with E-state index in [2.05, 4.69) is 15.7 Å². The van der Waals surface area contributed by atoms with E-state index in [0.29, 0.717) is 17.7 Å². The standard InChI is InChI=1S/C16H26N4O4/c1-9(2)6-13(16(23)24)19-14(21)8-17-15(22)12-7-18-20(10(3)4)11(12)5/h7,9-10,13H,6,8H2,1-5H3,(H,17,22)(H,19,21)(H,23,24)/t13-/m0/s1. The van der Waals surface area contributed by atoms with Crippen LogP contribution in [0.1, 0.15) is 56.2 Å². The van der Waals surface area contributed by atoms with Gasteiger partial charge in [-0.05, 0) is 33.1 Å². The number of nitrogens with zero attached hydrogens (tertiary/aromatic N) is 2. The second kappa shape index (κ2) is 8.47. The fraction of sp³-hybridized carbons (Fsp3) is 0.625. The minimum absolute atomic E-state index is 0.127. The molecule has 0 unspecified atom stereocenters. The van der Waals surface area contributed by atoms with Crippen LogP contribution < -0.4 is 10.6 Å². The maximum absolute atomic E-state index is 12.1. The number of hydrogen-bond donors (Lipinski definition) is 3. The molecule has 0 bridgehead atoms. The van der Waals surface area contributed by atoms with E-state index >= 15 is 0 Å². The maximum atomic E-state index is 12.1. The minimum Gasteiger partial charge on any atom is -0.480 e. The van der Waals surface area contributed by atoms with Crippen molar-refractivity contribution < 1.29 is 19.5 Å². The van der Waals surface area contributed by atoms with Crippen molar-refractivity contribution in [1.29, 1.82) is 0 Å². The van der Waals surface area contributed by atoms with Crippen molar-refractivity contribution in [1.82, 2.24) is 20.4 Å². The lowest BCUT2D eigenvalue weighted by atomic mass is 10.0. The number of amides is 2. The summed E-state index contributed by atoms with van der Waals surface area (Å²) in [6.45, 7) is 9.15. The maximum Gasteiger partial charge on any atom is 0.326 e. The van der Waals surface area contributed by atoms with Crippen molar-refractivity contribution in [2.24, 2.45) is 5.92 Å². The molecule has 0 aliphatic carbocycles. The number of carboxylic acid groups (broad SMARTS) is 1. The number of carbonyl (C=O) groups is 3. The Labute approximate surface area is 141 Å². The van der Waals surface area contributed by atoms with Crippen molar-refractivity contribution in [3.05, 3.63) is 17.5 Å². The first kappa shape index (κ1) is 19.7. The third kappa shape index (κ3) is 5.36. The van der Waals surface area contributed by atoms with E-state index in [9.17, 15) is 14.4 Å². The van der Waals surface area contributed by atoms with Crippen molar-refractivity contribution >= 4 is 17.8 Å². The SMILES string of the molecule is Cc1c(C(=O)NCC(=O)N[C@@H](CC(C)C)C(=O)O)cnn1C(C)C. The number of aromatic nitrogens is 2. The van der Waals surface area contributed by atoms with Gasteiger partial charge in [-0.1, -0.05) is 13.8 Å². The molecule has 8 nitrogen and oxygen atoms in total. The van der Waals surface area contributed by atoms with Crippen LogP contribution in [0.25, 0.3) is 0 Å². The van der Waals surface area contributed by atoms with Gasteiger partial charge in [-0.2, -0.15) is 5.10 Å². The van der Waals surface area contributed by atoms with Crippen LogP contribution in [0.4, 0.5) is 0 Å². The molecule has 1 rings (SSSR count). The van der Waals surface area contributed by atoms with Crippen LogP contribution in [0.15, 0.2) is 6.20 Å². The molecule has 0 aliphatic rings. The van der Waals surface area contributed by atoms with Crippen LogP contribution in [0.2, 0.25) is 0 Å². The van der Waals surface area contributed by atoms with E-state index < -0.39 is 23.8 Å². The van der Waals surface area contributed by atoms with Gasteiger partial charge in [-0.25, -0.2) is 4.79 Å². The zero-order valence-electron chi connectivity index (χ0n) is 14.8. The molecule has 134 valence electrons. The molecular weight excluding hydrogens is 312 g/mol. The number of hydrogen-bond acceptors (Lipinski definition) is 4. The number of nitrogens with one attached hydrogen (secondary N) is 2. The first-order valence-corrected chi connectivity index (χ1v) is 7.98. The summed E-state index contributed by atoms with van der Waals surface area (Å²) in [7, 11) is 0. The first-order valence-electron chi connectivity index (χ1n) is 7.98. The quantitative estimate of drug-likeness (QED) is 0.657. The van der Waals surface area contributed by atoms with Gasteiger partial charge in [-0.3, -0.25) is 14.3 Å². The Morgan fingerprint density at radius 1 is 1.25 bits per heavy atom. The van der Waals surface area contributed by atoms with E-state index in [0.717, 1.165) is 0 Å². The summed E-state index contributed by atoms with van der Waals surface area (Å²) >= 11 is 0. The van der Waals surface area contributed by atoms with Crippen molar-refractivity contribution in [3.8, 4) is 0 Å². The number of rotatable bonds is 8. The molecule has 3 N–H and O–H groups in total. The Bertz CT molecular complexity index is 607. The van der Waals surface area contributed by atoms with E-state index in [4.69, 9.17) is 5.11 Å². The summed E-state index contributed by atoms with van der Waals surface area (Å²) in [6.07, 6.45) is 1.79. The molecule has 0 aliphatic heterocycles. The number of aliphatic carboxylic acids is 1. The highest BCUT2D eigenvalue weighted by Crippen LogP contribution is 2.12. The molecular formula is C16H26N4O4. The molecule has 1 atom stereocenters. The molecule has 0 radical (unpaired) electrons. The lowest BCUT2D eigenvalue weighted by molar-refractivity contribution is -0.142. The number of carbonyl (C=O) groups excluding carboxylic acids is 2. The van der Waals surface area contributed by atoms with Gasteiger partial charge in [0, 0.05) is 11.7 Å². The van der Waals surface area contributed by atoms with Gasteiger partial charge in [0.25, 0.3) is 5.91 Å². The lowest BCUT2D eigenvalue weighted by Gasteiger charge is -2.16. The summed E-state index contributed by atoms with van der Waals surface area (Å²) < 4.78 is 1.72. The molecule has 1 aromatic rings. The molecule has 0 spiro atoms. The fourth-order valence-corrected chi connectivity index (χ4v) is 2.36. The zero-order valence-corrected chi connectivity index (χ0v) is 14.8. The fourth-order valence-electron chi connectivity index (χ4n) is 2.36. The minimum atomic E-state index is -1.09. The number of carboxylic acids is 1. The Balaban J connectivity index is 2.60. The molecule has 0 saturated carbocycles. The average Bonchev–Trinajstić information content (AvgIpc) is 2.85. The predicted molar refractivity (Wildman–Crippen MR) is 88.7 cm³/mol. The molecule has 1 heterocycles. The summed E-state index contributed by atoms with van der Waals surface area (Å²) in [5.74, 6) is -1.90. The molecule has 2 amide bonds. The molecule has 8 heteroatoms. The smallest absolute Gasteiger partial charge is 0.326 e. The van der Waals surface area contributed by atoms with E-state index in [-0.39, 0.29) is 18.5 Å². The van der Waals surface area contributed by atoms with E-state index in [1.165, 1.54) is 6.20 Å². The van der Waals surface area contributed by atoms with Gasteiger partial charge in [0.15, 0.2) is 0 Å². The van der Waals surface area contributed by atoms with Crippen LogP contribution in [0, 0.1) is 12.8 Å². The van der Waals surface area contributed by atoms with Crippen LogP contribution in [0.3, 0.4) is 0 Å². The lowest BCUT2D eigenvalue weighted by Crippen LogP contribution is -2.46. The Morgan fingerprint density at radius 2 is 1.88 bits per heavy atom. The second-order valence-corrected chi connectivity index (χ2v) is 6.45. The topological polar surface area (TPSA) is 113 Å². The molecule has 24 heavy (non-hydrogen) atoms. The highest BCUT2D eigenvalue weighted by Gasteiger charge is 2.22. The van der Waals surface area contributed by atoms with Crippen molar-refractivity contribution in [2.75, 3.05) is 6.54 Å². The predicted octanol–water partition coefficient (Wildman–Crippen LogP) is 1.12. The molecule has 0 saturated heterocycles. The summed E-state index contributed by atoms with van der Waals surface area (Å²) in [5.41, 5.74) is 1.11. The van der Waals surface area contributed by atoms with Crippen LogP contribution in [-0.2, 0) is 9.59 Å². The van der Waals surface area contributed by atoms with Gasteiger partial charge in [-0.15, -0.1) is 0 Å². The van der Waals surface area contributed by atoms with E-state index in [1.807, 2.05) is 27.7 Å². The molecule has 0 fully saturated rings. The molecule has 1 aromatic heterocycles. The monoisotopic (exact) mass is 338 g/mol. The molecule has 0 aromatic carbocycles. The normalized spacial score (nSPS) is 12.3. The Hall–Kier alpha value is -2.38. The highest BCUT2D eigenvalue weighted by molar-refractivity contribution is 5.97. The third-order valence-electron chi connectivity index (χ3n) is 3.53. The summed E-state index contributed by atoms with van der Waals surface area (Å²) in [5, 5.41) is 18.2. The summed E-state index contributed by atoms with van der Waals surface area (Å²) in [6, 6.07) is -0.831. The van der Waals surface area contributed by atoms with Gasteiger partial charge < -0.3 is 15.7 Å². The van der Waals surface area contributed by atoms with Gasteiger partial charge in [0.05, 0.1) is 18.3 Å². The van der Waals surface area contributed by atoms with E-state index in [1.54, 1.807) is 11.6 Å². The summed E-state index contributed by atoms with van der Waals surface area (Å²) in [4.78, 5) is 35.1. The Morgan fingerprint density at radius 3 is 2.33 bits per heavy atom. The van der Waals surface area contributed by atoms with Gasteiger partial charge in [0.2, 0.25) is 5.91 Å². The Kier molecular flexibility index (Phi) is 6.94. The highest BCUT2D eigenvalue weighted by atomic mass is 16.4. The second-order valence-electron chi connectivity index (χ2n) is 6.45. The zero-order chi connectivity index (χ0) is 18.4. The van der Waals surface area contributed by atoms with Crippen LogP contribution >= 0.6 is 0 Å².